The van der Waals surface area contributed by atoms with E-state index in [2.05, 4.69) is 38.7 Å². The predicted octanol–water partition coefficient (Wildman–Crippen LogP) is 2.58. The highest BCUT2D eigenvalue weighted by molar-refractivity contribution is 14.0. The van der Waals surface area contributed by atoms with Gasteiger partial charge in [-0.15, -0.1) is 35.3 Å². The number of aryl methyl sites for hydroxylation is 3. The monoisotopic (exact) mass is 473 g/mol. The van der Waals surface area contributed by atoms with Gasteiger partial charge in [0.2, 0.25) is 0 Å². The first kappa shape index (κ1) is 19.7. The van der Waals surface area contributed by atoms with Crippen molar-refractivity contribution in [3.63, 3.8) is 0 Å². The summed E-state index contributed by atoms with van der Waals surface area (Å²) in [6.07, 6.45) is 5.04. The number of thiazole rings is 1. The molecule has 25 heavy (non-hydrogen) atoms. The molecule has 0 aliphatic rings. The minimum absolute atomic E-state index is 0. The molecule has 0 unspecified atom stereocenters. The van der Waals surface area contributed by atoms with Crippen molar-refractivity contribution in [1.29, 1.82) is 0 Å². The van der Waals surface area contributed by atoms with Crippen molar-refractivity contribution < 1.29 is 0 Å². The fourth-order valence-electron chi connectivity index (χ4n) is 2.59. The van der Waals surface area contributed by atoms with Gasteiger partial charge in [-0.25, -0.2) is 4.98 Å². The number of aromatic nitrogens is 4. The molecular weight excluding hydrogens is 449 g/mol. The molecule has 136 valence electrons. The lowest BCUT2D eigenvalue weighted by Gasteiger charge is -2.11. The lowest BCUT2D eigenvalue weighted by Crippen LogP contribution is -2.37. The third-order valence-corrected chi connectivity index (χ3v) is 4.52. The Balaban J connectivity index is 0.00000225. The van der Waals surface area contributed by atoms with Crippen LogP contribution < -0.4 is 10.6 Å². The van der Waals surface area contributed by atoms with Gasteiger partial charge in [-0.3, -0.25) is 14.1 Å². The van der Waals surface area contributed by atoms with Crippen molar-refractivity contribution in [2.24, 2.45) is 4.99 Å². The molecule has 3 aromatic rings. The van der Waals surface area contributed by atoms with Crippen LogP contribution in [0.4, 0.5) is 0 Å². The lowest BCUT2D eigenvalue weighted by molar-refractivity contribution is 0.555. The van der Waals surface area contributed by atoms with Gasteiger partial charge in [0.15, 0.2) is 10.9 Å². The molecule has 0 aliphatic heterocycles. The van der Waals surface area contributed by atoms with Crippen LogP contribution in [0.2, 0.25) is 0 Å². The number of hydrogen-bond acceptors (Lipinski definition) is 4. The molecule has 2 N–H and O–H groups in total. The second kappa shape index (κ2) is 9.18. The molecule has 3 rings (SSSR count). The molecule has 3 aromatic heterocycles. The number of fused-ring (bicyclic) bond motifs is 1. The average Bonchev–Trinajstić information content (AvgIpc) is 3.21. The molecule has 0 amide bonds. The number of guanidine groups is 1. The molecule has 0 spiro atoms. The predicted molar refractivity (Wildman–Crippen MR) is 113 cm³/mol. The fourth-order valence-corrected chi connectivity index (χ4v) is 3.31. The number of imidazole rings is 1. The zero-order valence-corrected chi connectivity index (χ0v) is 17.8. The summed E-state index contributed by atoms with van der Waals surface area (Å²) in [4.78, 5) is 9.82. The highest BCUT2D eigenvalue weighted by Gasteiger charge is 2.04. The zero-order chi connectivity index (χ0) is 16.9. The Morgan fingerprint density at radius 3 is 2.84 bits per heavy atom. The minimum Gasteiger partial charge on any atom is -0.356 e. The Kier molecular flexibility index (Phi) is 7.24. The molecule has 0 bridgehead atoms. The van der Waals surface area contributed by atoms with Crippen molar-refractivity contribution in [3.8, 4) is 0 Å². The summed E-state index contributed by atoms with van der Waals surface area (Å²) in [5, 5.41) is 13.1. The van der Waals surface area contributed by atoms with E-state index >= 15 is 0 Å². The van der Waals surface area contributed by atoms with Gasteiger partial charge in [0.25, 0.3) is 0 Å². The van der Waals surface area contributed by atoms with Crippen molar-refractivity contribution in [3.05, 3.63) is 40.9 Å². The van der Waals surface area contributed by atoms with Crippen molar-refractivity contribution in [2.45, 2.75) is 33.4 Å². The van der Waals surface area contributed by atoms with Gasteiger partial charge in [0, 0.05) is 43.6 Å². The van der Waals surface area contributed by atoms with E-state index in [0.717, 1.165) is 41.8 Å². The normalized spacial score (nSPS) is 11.6. The van der Waals surface area contributed by atoms with Gasteiger partial charge in [-0.2, -0.15) is 5.10 Å². The summed E-state index contributed by atoms with van der Waals surface area (Å²) >= 11 is 1.64. The maximum absolute atomic E-state index is 4.55. The molecule has 0 atom stereocenters. The van der Waals surface area contributed by atoms with E-state index in [9.17, 15) is 0 Å². The first-order chi connectivity index (χ1) is 11.7. The third-order valence-electron chi connectivity index (χ3n) is 3.75. The fraction of sp³-hybridized carbons (Fsp3) is 0.438. The molecule has 3 heterocycles. The van der Waals surface area contributed by atoms with Gasteiger partial charge in [-0.05, 0) is 26.3 Å². The van der Waals surface area contributed by atoms with Crippen LogP contribution in [-0.4, -0.2) is 38.7 Å². The number of nitrogens with zero attached hydrogens (tertiary/aromatic N) is 5. The van der Waals surface area contributed by atoms with E-state index in [1.54, 1.807) is 18.4 Å². The minimum atomic E-state index is 0. The third kappa shape index (κ3) is 5.18. The highest BCUT2D eigenvalue weighted by atomic mass is 127. The topological polar surface area (TPSA) is 71.5 Å². The van der Waals surface area contributed by atoms with E-state index in [1.165, 1.54) is 5.69 Å². The standard InChI is InChI=1S/C16H23N7S.HI/c1-12-9-13(2)23(21-12)6-4-5-18-15(17-3)19-10-14-11-22-7-8-24-16(22)20-14;/h7-9,11H,4-6,10H2,1-3H3,(H2,17,18,19);1H. The molecule has 0 aromatic carbocycles. The van der Waals surface area contributed by atoms with Crippen LogP contribution in [0.3, 0.4) is 0 Å². The summed E-state index contributed by atoms with van der Waals surface area (Å²) in [5.41, 5.74) is 3.28. The van der Waals surface area contributed by atoms with E-state index in [4.69, 9.17) is 0 Å². The first-order valence-corrected chi connectivity index (χ1v) is 8.90. The summed E-state index contributed by atoms with van der Waals surface area (Å²) in [5.74, 6) is 0.791. The Morgan fingerprint density at radius 1 is 1.32 bits per heavy atom. The second-order valence-electron chi connectivity index (χ2n) is 5.68. The van der Waals surface area contributed by atoms with Gasteiger partial charge >= 0.3 is 0 Å². The molecular formula is C16H24IN7S. The van der Waals surface area contributed by atoms with Gasteiger partial charge < -0.3 is 10.6 Å². The van der Waals surface area contributed by atoms with E-state index < -0.39 is 0 Å². The quantitative estimate of drug-likeness (QED) is 0.250. The number of halogens is 1. The van der Waals surface area contributed by atoms with Gasteiger partial charge in [0.1, 0.15) is 0 Å². The zero-order valence-electron chi connectivity index (χ0n) is 14.7. The molecule has 0 aliphatic carbocycles. The van der Waals surface area contributed by atoms with E-state index in [-0.39, 0.29) is 24.0 Å². The summed E-state index contributed by atoms with van der Waals surface area (Å²) in [6, 6.07) is 2.10. The molecule has 9 heteroatoms. The number of rotatable bonds is 6. The Hall–Kier alpha value is -1.62. The van der Waals surface area contributed by atoms with Crippen LogP contribution in [0.25, 0.3) is 4.96 Å². The van der Waals surface area contributed by atoms with Crippen LogP contribution in [0.15, 0.2) is 28.8 Å². The van der Waals surface area contributed by atoms with Crippen molar-refractivity contribution in [1.82, 2.24) is 29.8 Å². The summed E-state index contributed by atoms with van der Waals surface area (Å²) < 4.78 is 4.08. The SMILES string of the molecule is CN=C(NCCCn1nc(C)cc1C)NCc1cn2ccsc2n1.I. The smallest absolute Gasteiger partial charge is 0.193 e. The van der Waals surface area contributed by atoms with E-state index in [1.807, 2.05) is 33.8 Å². The maximum Gasteiger partial charge on any atom is 0.193 e. The lowest BCUT2D eigenvalue weighted by atomic mass is 10.4. The van der Waals surface area contributed by atoms with Crippen LogP contribution in [-0.2, 0) is 13.1 Å². The van der Waals surface area contributed by atoms with Crippen LogP contribution in [0.1, 0.15) is 23.5 Å². The maximum atomic E-state index is 4.55. The number of nitrogens with one attached hydrogen (secondary N) is 2. The number of hydrogen-bond donors (Lipinski definition) is 2. The van der Waals surface area contributed by atoms with Crippen molar-refractivity contribution in [2.75, 3.05) is 13.6 Å². The molecule has 0 saturated heterocycles. The van der Waals surface area contributed by atoms with Crippen LogP contribution in [0.5, 0.6) is 0 Å². The van der Waals surface area contributed by atoms with Crippen molar-refractivity contribution >= 4 is 46.2 Å². The van der Waals surface area contributed by atoms with Crippen LogP contribution >= 0.6 is 35.3 Å². The Labute approximate surface area is 168 Å². The Bertz CT molecular complexity index is 804. The molecule has 0 saturated carbocycles. The van der Waals surface area contributed by atoms with Crippen LogP contribution in [0, 0.1) is 13.8 Å². The average molecular weight is 473 g/mol. The van der Waals surface area contributed by atoms with Gasteiger partial charge in [0.05, 0.1) is 17.9 Å². The molecule has 0 fully saturated rings. The molecule has 7 nitrogen and oxygen atoms in total. The Morgan fingerprint density at radius 2 is 2.16 bits per heavy atom. The first-order valence-electron chi connectivity index (χ1n) is 8.02. The largest absolute Gasteiger partial charge is 0.356 e. The second-order valence-corrected chi connectivity index (χ2v) is 6.55. The summed E-state index contributed by atoms with van der Waals surface area (Å²) in [6.45, 7) is 6.51. The number of aliphatic imine (C=N–C) groups is 1. The van der Waals surface area contributed by atoms with E-state index in [0.29, 0.717) is 6.54 Å². The highest BCUT2D eigenvalue weighted by Crippen LogP contribution is 2.10. The summed E-state index contributed by atoms with van der Waals surface area (Å²) in [7, 11) is 1.78. The van der Waals surface area contributed by atoms with Gasteiger partial charge in [-0.1, -0.05) is 0 Å². The molecule has 0 radical (unpaired) electrons.